The highest BCUT2D eigenvalue weighted by Crippen LogP contribution is 2.28. The van der Waals surface area contributed by atoms with Crippen LogP contribution in [0.2, 0.25) is 0 Å². The van der Waals surface area contributed by atoms with E-state index in [0.717, 1.165) is 0 Å². The molecule has 0 spiro atoms. The number of amides is 1. The Labute approximate surface area is 118 Å². The molecule has 0 saturated heterocycles. The Morgan fingerprint density at radius 1 is 1.35 bits per heavy atom. The molecule has 1 aromatic carbocycles. The summed E-state index contributed by atoms with van der Waals surface area (Å²) >= 11 is 0. The lowest BCUT2D eigenvalue weighted by molar-refractivity contribution is -0.0512. The summed E-state index contributed by atoms with van der Waals surface area (Å²) in [7, 11) is 0. The molecular formula is C14H21NO5. The number of nitrogens with one attached hydrogen (secondary N) is 1. The molecule has 0 radical (unpaired) electrons. The molecule has 20 heavy (non-hydrogen) atoms. The van der Waals surface area contributed by atoms with Crippen molar-refractivity contribution in [3.8, 4) is 5.75 Å². The molecule has 0 saturated carbocycles. The quantitative estimate of drug-likeness (QED) is 0.721. The maximum Gasteiger partial charge on any atom is 0.431 e. The summed E-state index contributed by atoms with van der Waals surface area (Å²) in [5.41, 5.74) is 2.02. The van der Waals surface area contributed by atoms with Gasteiger partial charge in [0.2, 0.25) is 0 Å². The molecule has 1 unspecified atom stereocenters. The fraction of sp³-hybridized carbons (Fsp3) is 0.500. The van der Waals surface area contributed by atoms with Crippen LogP contribution in [0.5, 0.6) is 5.75 Å². The lowest BCUT2D eigenvalue weighted by Gasteiger charge is -2.22. The number of aliphatic hydroxyl groups excluding tert-OH is 1. The van der Waals surface area contributed by atoms with Gasteiger partial charge in [-0.3, -0.25) is 4.84 Å². The van der Waals surface area contributed by atoms with Crippen LogP contribution >= 0.6 is 0 Å². The van der Waals surface area contributed by atoms with Gasteiger partial charge in [0.05, 0.1) is 0 Å². The second-order valence-corrected chi connectivity index (χ2v) is 5.28. The average molecular weight is 283 g/mol. The van der Waals surface area contributed by atoms with Crippen molar-refractivity contribution < 1.29 is 24.6 Å². The van der Waals surface area contributed by atoms with Gasteiger partial charge in [-0.25, -0.2) is 4.79 Å². The Hall–Kier alpha value is -1.79. The van der Waals surface area contributed by atoms with Crippen molar-refractivity contribution in [2.45, 2.75) is 38.9 Å². The van der Waals surface area contributed by atoms with Gasteiger partial charge in [-0.1, -0.05) is 18.2 Å². The number of phenols is 1. The average Bonchev–Trinajstić information content (AvgIpc) is 2.33. The molecule has 0 aliphatic carbocycles. The zero-order valence-corrected chi connectivity index (χ0v) is 11.9. The van der Waals surface area contributed by atoms with Crippen LogP contribution in [0.1, 0.15) is 38.9 Å². The highest BCUT2D eigenvalue weighted by Gasteiger charge is 2.20. The first kappa shape index (κ1) is 16.3. The SMILES string of the molecule is CC(C)(C)OC(=O)NOC(CCO)c1ccccc1O. The molecule has 0 fully saturated rings. The van der Waals surface area contributed by atoms with Crippen molar-refractivity contribution in [1.29, 1.82) is 0 Å². The smallest absolute Gasteiger partial charge is 0.431 e. The molecular weight excluding hydrogens is 262 g/mol. The predicted molar refractivity (Wildman–Crippen MR) is 73.0 cm³/mol. The van der Waals surface area contributed by atoms with Gasteiger partial charge in [0, 0.05) is 18.6 Å². The molecule has 6 heteroatoms. The molecule has 1 aromatic rings. The van der Waals surface area contributed by atoms with Gasteiger partial charge in [0.15, 0.2) is 0 Å². The monoisotopic (exact) mass is 283 g/mol. The van der Waals surface area contributed by atoms with E-state index in [0.29, 0.717) is 5.56 Å². The van der Waals surface area contributed by atoms with E-state index in [1.807, 2.05) is 0 Å². The summed E-state index contributed by atoms with van der Waals surface area (Å²) < 4.78 is 5.03. The third kappa shape index (κ3) is 5.46. The van der Waals surface area contributed by atoms with Gasteiger partial charge in [-0.2, -0.15) is 5.48 Å². The molecule has 1 rings (SSSR count). The zero-order valence-electron chi connectivity index (χ0n) is 11.9. The Kier molecular flexibility index (Phi) is 5.79. The number of para-hydroxylation sites is 1. The summed E-state index contributed by atoms with van der Waals surface area (Å²) in [6.45, 7) is 5.07. The van der Waals surface area contributed by atoms with E-state index in [9.17, 15) is 9.90 Å². The molecule has 0 aliphatic rings. The van der Waals surface area contributed by atoms with E-state index in [-0.39, 0.29) is 18.8 Å². The molecule has 1 amide bonds. The third-order valence-corrected chi connectivity index (χ3v) is 2.36. The number of phenolic OH excluding ortho intramolecular Hbond substituents is 1. The van der Waals surface area contributed by atoms with E-state index in [1.165, 1.54) is 6.07 Å². The largest absolute Gasteiger partial charge is 0.508 e. The van der Waals surface area contributed by atoms with E-state index in [2.05, 4.69) is 5.48 Å². The molecule has 112 valence electrons. The van der Waals surface area contributed by atoms with E-state index in [1.54, 1.807) is 39.0 Å². The summed E-state index contributed by atoms with van der Waals surface area (Å²) in [6, 6.07) is 6.58. The zero-order chi connectivity index (χ0) is 15.2. The molecule has 0 aromatic heterocycles. The number of hydroxylamine groups is 1. The Balaban J connectivity index is 2.65. The Bertz CT molecular complexity index is 441. The number of carbonyl (C=O) groups is 1. The second kappa shape index (κ2) is 7.12. The summed E-state index contributed by atoms with van der Waals surface area (Å²) in [5, 5.41) is 18.8. The van der Waals surface area contributed by atoms with Crippen molar-refractivity contribution in [3.63, 3.8) is 0 Å². The lowest BCUT2D eigenvalue weighted by atomic mass is 10.1. The van der Waals surface area contributed by atoms with Crippen molar-refractivity contribution in [1.82, 2.24) is 5.48 Å². The number of ether oxygens (including phenoxy) is 1. The first-order valence-corrected chi connectivity index (χ1v) is 6.37. The van der Waals surface area contributed by atoms with Crippen molar-refractivity contribution >= 4 is 6.09 Å². The van der Waals surface area contributed by atoms with Crippen molar-refractivity contribution in [3.05, 3.63) is 29.8 Å². The number of rotatable bonds is 5. The molecule has 6 nitrogen and oxygen atoms in total. The maximum atomic E-state index is 11.5. The van der Waals surface area contributed by atoms with Gasteiger partial charge in [-0.05, 0) is 26.8 Å². The highest BCUT2D eigenvalue weighted by molar-refractivity contribution is 5.66. The summed E-state index contributed by atoms with van der Waals surface area (Å²) in [5.74, 6) is 0.0388. The van der Waals surface area contributed by atoms with Gasteiger partial charge < -0.3 is 14.9 Å². The van der Waals surface area contributed by atoms with Crippen LogP contribution in [-0.2, 0) is 9.57 Å². The number of hydrogen-bond acceptors (Lipinski definition) is 5. The van der Waals surface area contributed by atoms with Crippen LogP contribution in [-0.4, -0.2) is 28.5 Å². The number of hydrogen-bond donors (Lipinski definition) is 3. The molecule has 1 atom stereocenters. The topological polar surface area (TPSA) is 88.0 Å². The van der Waals surface area contributed by atoms with Gasteiger partial charge in [0.25, 0.3) is 0 Å². The molecule has 0 aliphatic heterocycles. The second-order valence-electron chi connectivity index (χ2n) is 5.28. The van der Waals surface area contributed by atoms with Crippen molar-refractivity contribution in [2.24, 2.45) is 0 Å². The Morgan fingerprint density at radius 2 is 2.00 bits per heavy atom. The van der Waals surface area contributed by atoms with Crippen LogP contribution in [0.3, 0.4) is 0 Å². The standard InChI is InChI=1S/C14H21NO5/c1-14(2,3)19-13(18)15-20-12(8-9-16)10-6-4-5-7-11(10)17/h4-7,12,16-17H,8-9H2,1-3H3,(H,15,18). The van der Waals surface area contributed by atoms with Gasteiger partial charge in [0.1, 0.15) is 17.5 Å². The molecule has 3 N–H and O–H groups in total. The van der Waals surface area contributed by atoms with Crippen LogP contribution in [0, 0.1) is 0 Å². The highest BCUT2D eigenvalue weighted by atomic mass is 16.7. The summed E-state index contributed by atoms with van der Waals surface area (Å²) in [4.78, 5) is 16.7. The normalized spacial score (nSPS) is 12.8. The van der Waals surface area contributed by atoms with Crippen LogP contribution < -0.4 is 5.48 Å². The predicted octanol–water partition coefficient (Wildman–Crippen LogP) is 2.27. The maximum absolute atomic E-state index is 11.5. The number of benzene rings is 1. The molecule has 0 heterocycles. The molecule has 0 bridgehead atoms. The minimum absolute atomic E-state index is 0.0388. The first-order valence-electron chi connectivity index (χ1n) is 6.37. The van der Waals surface area contributed by atoms with Crippen LogP contribution in [0.25, 0.3) is 0 Å². The fourth-order valence-corrected chi connectivity index (χ4v) is 1.57. The first-order chi connectivity index (χ1) is 9.33. The Morgan fingerprint density at radius 3 is 2.55 bits per heavy atom. The fourth-order valence-electron chi connectivity index (χ4n) is 1.57. The van der Waals surface area contributed by atoms with Gasteiger partial charge in [-0.15, -0.1) is 0 Å². The number of aromatic hydroxyl groups is 1. The minimum Gasteiger partial charge on any atom is -0.508 e. The van der Waals surface area contributed by atoms with Gasteiger partial charge >= 0.3 is 6.09 Å². The van der Waals surface area contributed by atoms with Crippen molar-refractivity contribution in [2.75, 3.05) is 6.61 Å². The van der Waals surface area contributed by atoms with E-state index < -0.39 is 17.8 Å². The minimum atomic E-state index is -0.726. The van der Waals surface area contributed by atoms with Crippen LogP contribution in [0.4, 0.5) is 4.79 Å². The number of carbonyl (C=O) groups excluding carboxylic acids is 1. The third-order valence-electron chi connectivity index (χ3n) is 2.36. The lowest BCUT2D eigenvalue weighted by Crippen LogP contribution is -2.33. The summed E-state index contributed by atoms with van der Waals surface area (Å²) in [6.07, 6.45) is -1.16. The van der Waals surface area contributed by atoms with Crippen LogP contribution in [0.15, 0.2) is 24.3 Å². The van der Waals surface area contributed by atoms with E-state index >= 15 is 0 Å². The van der Waals surface area contributed by atoms with E-state index in [4.69, 9.17) is 14.7 Å². The number of aliphatic hydroxyl groups is 1.